The van der Waals surface area contributed by atoms with Crippen LogP contribution in [-0.4, -0.2) is 25.6 Å². The smallest absolute Gasteiger partial charge is 0.318 e. The summed E-state index contributed by atoms with van der Waals surface area (Å²) >= 11 is 0. The van der Waals surface area contributed by atoms with Gasteiger partial charge in [0.1, 0.15) is 5.92 Å². The predicted molar refractivity (Wildman–Crippen MR) is 77.4 cm³/mol. The van der Waals surface area contributed by atoms with Gasteiger partial charge in [-0.25, -0.2) is 4.39 Å². The molecular weight excluding hydrogens is 289 g/mol. The highest BCUT2D eigenvalue weighted by Gasteiger charge is 2.38. The Morgan fingerprint density at radius 3 is 2.77 bits per heavy atom. The molecule has 5 nitrogen and oxygen atoms in total. The summed E-state index contributed by atoms with van der Waals surface area (Å²) in [5, 5.41) is 2.59. The third-order valence-corrected chi connectivity index (χ3v) is 4.11. The molecule has 0 bridgehead atoms. The quantitative estimate of drug-likeness (QED) is 0.685. The van der Waals surface area contributed by atoms with Crippen LogP contribution in [0.5, 0.6) is 5.75 Å². The number of nitrogens with one attached hydrogen (secondary N) is 1. The molecule has 0 radical (unpaired) electrons. The second kappa shape index (κ2) is 5.59. The summed E-state index contributed by atoms with van der Waals surface area (Å²) in [4.78, 5) is 24.0. The van der Waals surface area contributed by atoms with E-state index >= 15 is 0 Å². The van der Waals surface area contributed by atoms with E-state index in [1.54, 1.807) is 13.0 Å². The molecule has 22 heavy (non-hydrogen) atoms. The van der Waals surface area contributed by atoms with E-state index in [1.165, 1.54) is 7.11 Å². The average Bonchev–Trinajstić information content (AvgIpc) is 3.31. The van der Waals surface area contributed by atoms with Crippen LogP contribution in [0.2, 0.25) is 0 Å². The van der Waals surface area contributed by atoms with Crippen molar-refractivity contribution >= 4 is 17.6 Å². The molecule has 1 atom stereocenters. The molecule has 1 N–H and O–H groups in total. The first-order chi connectivity index (χ1) is 10.6. The highest BCUT2D eigenvalue weighted by atomic mass is 19.1. The van der Waals surface area contributed by atoms with Gasteiger partial charge in [-0.15, -0.1) is 0 Å². The lowest BCUT2D eigenvalue weighted by atomic mass is 9.90. The highest BCUT2D eigenvalue weighted by molar-refractivity contribution is 6.08. The van der Waals surface area contributed by atoms with Crippen LogP contribution in [-0.2, 0) is 20.7 Å². The van der Waals surface area contributed by atoms with Crippen molar-refractivity contribution in [3.8, 4) is 5.75 Å². The van der Waals surface area contributed by atoms with Crippen LogP contribution in [0.1, 0.15) is 36.8 Å². The first-order valence-corrected chi connectivity index (χ1v) is 7.43. The molecule has 0 saturated heterocycles. The highest BCUT2D eigenvalue weighted by Crippen LogP contribution is 2.47. The summed E-state index contributed by atoms with van der Waals surface area (Å²) in [6.07, 6.45) is 2.11. The van der Waals surface area contributed by atoms with Crippen molar-refractivity contribution in [2.75, 3.05) is 19.0 Å². The maximum atomic E-state index is 14.5. The van der Waals surface area contributed by atoms with Crippen molar-refractivity contribution < 1.29 is 23.5 Å². The Hall–Kier alpha value is -2.11. The van der Waals surface area contributed by atoms with Crippen LogP contribution in [0.4, 0.5) is 10.1 Å². The Morgan fingerprint density at radius 2 is 2.18 bits per heavy atom. The Labute approximate surface area is 127 Å². The number of ether oxygens (including phenoxy) is 2. The molecule has 6 heteroatoms. The summed E-state index contributed by atoms with van der Waals surface area (Å²) in [5.41, 5.74) is 1.65. The van der Waals surface area contributed by atoms with Gasteiger partial charge in [-0.2, -0.15) is 0 Å². The van der Waals surface area contributed by atoms with Crippen molar-refractivity contribution in [2.24, 2.45) is 5.92 Å². The fourth-order valence-electron chi connectivity index (χ4n) is 2.85. The van der Waals surface area contributed by atoms with Gasteiger partial charge in [-0.1, -0.05) is 6.07 Å². The van der Waals surface area contributed by atoms with E-state index in [0.717, 1.165) is 18.4 Å². The van der Waals surface area contributed by atoms with Gasteiger partial charge in [-0.05, 0) is 43.2 Å². The van der Waals surface area contributed by atoms with Crippen LogP contribution >= 0.6 is 0 Å². The van der Waals surface area contributed by atoms with Crippen LogP contribution in [0, 0.1) is 11.7 Å². The molecule has 118 valence electrons. The van der Waals surface area contributed by atoms with Gasteiger partial charge in [0, 0.05) is 0 Å². The van der Waals surface area contributed by atoms with Crippen molar-refractivity contribution in [3.05, 3.63) is 23.0 Å². The van der Waals surface area contributed by atoms with E-state index in [1.807, 2.05) is 0 Å². The van der Waals surface area contributed by atoms with Gasteiger partial charge in [0.15, 0.2) is 11.6 Å². The molecule has 2 aliphatic rings. The van der Waals surface area contributed by atoms with E-state index in [2.05, 4.69) is 5.32 Å². The minimum atomic E-state index is -0.894. The number of rotatable bonds is 4. The van der Waals surface area contributed by atoms with Crippen molar-refractivity contribution in [1.29, 1.82) is 0 Å². The van der Waals surface area contributed by atoms with E-state index in [9.17, 15) is 14.0 Å². The molecule has 1 unspecified atom stereocenters. The van der Waals surface area contributed by atoms with Crippen LogP contribution < -0.4 is 10.1 Å². The standard InChI is InChI=1S/C16H18FNO4/c1-3-22-16(20)11-7-9-6-10(8-4-5-8)12(17)14(21-2)13(9)18-15(11)19/h6,8,11H,3-5,7H2,1-2H3,(H,18,19). The van der Waals surface area contributed by atoms with E-state index < -0.39 is 23.6 Å². The molecule has 1 aliphatic heterocycles. The summed E-state index contributed by atoms with van der Waals surface area (Å²) in [7, 11) is 1.37. The first-order valence-electron chi connectivity index (χ1n) is 7.43. The number of anilines is 1. The summed E-state index contributed by atoms with van der Waals surface area (Å²) < 4.78 is 24.6. The van der Waals surface area contributed by atoms with Crippen molar-refractivity contribution in [2.45, 2.75) is 32.1 Å². The SMILES string of the molecule is CCOC(=O)C1Cc2cc(C3CC3)c(F)c(OC)c2NC1=O. The van der Waals surface area contributed by atoms with Crippen LogP contribution in [0.15, 0.2) is 6.07 Å². The third-order valence-electron chi connectivity index (χ3n) is 4.11. The molecule has 1 aromatic carbocycles. The lowest BCUT2D eigenvalue weighted by Gasteiger charge is -2.26. The summed E-state index contributed by atoms with van der Waals surface area (Å²) in [5.74, 6) is -2.09. The van der Waals surface area contributed by atoms with Gasteiger partial charge < -0.3 is 14.8 Å². The zero-order valence-electron chi connectivity index (χ0n) is 12.6. The topological polar surface area (TPSA) is 64.6 Å². The van der Waals surface area contributed by atoms with Gasteiger partial charge >= 0.3 is 5.97 Å². The fourth-order valence-corrected chi connectivity index (χ4v) is 2.85. The molecule has 1 amide bonds. The van der Waals surface area contributed by atoms with Gasteiger partial charge in [0.25, 0.3) is 0 Å². The number of halogens is 1. The summed E-state index contributed by atoms with van der Waals surface area (Å²) in [6.45, 7) is 1.91. The van der Waals surface area contributed by atoms with Gasteiger partial charge in [0.05, 0.1) is 19.4 Å². The third kappa shape index (κ3) is 2.42. The molecule has 1 fully saturated rings. The summed E-state index contributed by atoms with van der Waals surface area (Å²) in [6, 6.07) is 1.75. The van der Waals surface area contributed by atoms with Crippen molar-refractivity contribution in [1.82, 2.24) is 0 Å². The van der Waals surface area contributed by atoms with E-state index in [0.29, 0.717) is 11.3 Å². The maximum Gasteiger partial charge on any atom is 0.318 e. The number of carbonyl (C=O) groups excluding carboxylic acids is 2. The fraction of sp³-hybridized carbons (Fsp3) is 0.500. The number of esters is 1. The lowest BCUT2D eigenvalue weighted by Crippen LogP contribution is -2.37. The van der Waals surface area contributed by atoms with Gasteiger partial charge in [-0.3, -0.25) is 9.59 Å². The number of hydrogen-bond acceptors (Lipinski definition) is 4. The van der Waals surface area contributed by atoms with E-state index in [4.69, 9.17) is 9.47 Å². The van der Waals surface area contributed by atoms with E-state index in [-0.39, 0.29) is 24.7 Å². The second-order valence-corrected chi connectivity index (χ2v) is 5.62. The monoisotopic (exact) mass is 307 g/mol. The predicted octanol–water partition coefficient (Wildman–Crippen LogP) is 2.39. The Balaban J connectivity index is 2.00. The van der Waals surface area contributed by atoms with Crippen LogP contribution in [0.3, 0.4) is 0 Å². The molecule has 1 aromatic rings. The first kappa shape index (κ1) is 14.8. The number of benzene rings is 1. The molecule has 1 saturated carbocycles. The average molecular weight is 307 g/mol. The molecule has 0 aromatic heterocycles. The lowest BCUT2D eigenvalue weighted by molar-refractivity contribution is -0.151. The second-order valence-electron chi connectivity index (χ2n) is 5.62. The zero-order valence-corrected chi connectivity index (χ0v) is 12.6. The largest absolute Gasteiger partial charge is 0.492 e. The Kier molecular flexibility index (Phi) is 3.76. The number of hydrogen-bond donors (Lipinski definition) is 1. The van der Waals surface area contributed by atoms with Gasteiger partial charge in [0.2, 0.25) is 5.91 Å². The number of fused-ring (bicyclic) bond motifs is 1. The molecule has 0 spiro atoms. The number of carbonyl (C=O) groups is 2. The maximum absolute atomic E-state index is 14.5. The molecular formula is C16H18FNO4. The molecule has 1 heterocycles. The Morgan fingerprint density at radius 1 is 1.45 bits per heavy atom. The normalized spacial score (nSPS) is 20.1. The zero-order chi connectivity index (χ0) is 15.9. The van der Waals surface area contributed by atoms with Crippen molar-refractivity contribution in [3.63, 3.8) is 0 Å². The minimum absolute atomic E-state index is 0.0510. The Bertz CT molecular complexity index is 640. The number of methoxy groups -OCH3 is 1. The number of amides is 1. The molecule has 3 rings (SSSR count). The minimum Gasteiger partial charge on any atom is -0.492 e. The molecule has 1 aliphatic carbocycles. The van der Waals surface area contributed by atoms with Crippen LogP contribution in [0.25, 0.3) is 0 Å².